The van der Waals surface area contributed by atoms with Crippen molar-refractivity contribution in [2.24, 2.45) is 16.7 Å². The highest BCUT2D eigenvalue weighted by atomic mass is 32.1. The van der Waals surface area contributed by atoms with E-state index in [2.05, 4.69) is 17.6 Å². The van der Waals surface area contributed by atoms with Crippen LogP contribution in [0.3, 0.4) is 0 Å². The van der Waals surface area contributed by atoms with Gasteiger partial charge in [0.1, 0.15) is 0 Å². The van der Waals surface area contributed by atoms with E-state index in [-0.39, 0.29) is 41.7 Å². The molecule has 2 aromatic heterocycles. The van der Waals surface area contributed by atoms with E-state index >= 15 is 0 Å². The largest absolute Gasteiger partial charge is 0.396 e. The van der Waals surface area contributed by atoms with Crippen molar-refractivity contribution < 1.29 is 19.8 Å². The van der Waals surface area contributed by atoms with Gasteiger partial charge in [-0.1, -0.05) is 32.8 Å². The maximum absolute atomic E-state index is 13.2. The number of fused-ring (bicyclic) bond motifs is 2. The predicted octanol–water partition coefficient (Wildman–Crippen LogP) is 4.32. The van der Waals surface area contributed by atoms with Gasteiger partial charge in [-0.2, -0.15) is 0 Å². The second kappa shape index (κ2) is 9.57. The molecule has 2 fully saturated rings. The van der Waals surface area contributed by atoms with Gasteiger partial charge < -0.3 is 15.5 Å². The number of hydrogen-bond donors (Lipinski definition) is 4. The second-order valence-electron chi connectivity index (χ2n) is 11.0. The van der Waals surface area contributed by atoms with Crippen LogP contribution in [0.25, 0.3) is 0 Å². The van der Waals surface area contributed by atoms with E-state index in [1.165, 1.54) is 22.7 Å². The number of carbonyl (C=O) groups is 2. The lowest BCUT2D eigenvalue weighted by atomic mass is 9.47. The molecule has 3 aliphatic rings. The third-order valence-corrected chi connectivity index (χ3v) is 10.8. The Morgan fingerprint density at radius 2 is 2.00 bits per heavy atom. The maximum Gasteiger partial charge on any atom is 0.267 e. The van der Waals surface area contributed by atoms with Crippen molar-refractivity contribution in [3.8, 4) is 0 Å². The van der Waals surface area contributed by atoms with E-state index in [1.54, 1.807) is 6.07 Å². The number of carbonyl (C=O) groups excluding carboxylic acids is 2. The standard InChI is InChI=1S/C26H35N3O4S2/c1-25-10-9-20(31)26(2,14-30)19(25)13-18-22(16(25)12-21(32)27-15-6-3-4-7-15)28-24(35-18)29-23(33)17-8-5-11-34-17/h5,8,11,15-16,19-20,30-31H,3-4,6-7,9-10,12-14H2,1-2H3,(H,27,32)(H,28,29,33)/t16-,19+,20-,25+,26+/m1/s1. The molecular weight excluding hydrogens is 482 g/mol. The number of rotatable bonds is 6. The summed E-state index contributed by atoms with van der Waals surface area (Å²) in [7, 11) is 0. The fourth-order valence-electron chi connectivity index (χ4n) is 6.81. The lowest BCUT2D eigenvalue weighted by molar-refractivity contribution is -0.144. The Morgan fingerprint density at radius 1 is 1.23 bits per heavy atom. The van der Waals surface area contributed by atoms with Crippen molar-refractivity contribution in [1.82, 2.24) is 10.3 Å². The molecule has 2 saturated carbocycles. The van der Waals surface area contributed by atoms with E-state index in [9.17, 15) is 19.8 Å². The molecule has 2 aromatic rings. The van der Waals surface area contributed by atoms with Gasteiger partial charge >= 0.3 is 0 Å². The van der Waals surface area contributed by atoms with Crippen LogP contribution in [0.15, 0.2) is 17.5 Å². The number of nitrogens with one attached hydrogen (secondary N) is 2. The van der Waals surface area contributed by atoms with Crippen molar-refractivity contribution in [2.45, 2.75) is 83.3 Å². The van der Waals surface area contributed by atoms with Gasteiger partial charge in [-0.3, -0.25) is 14.9 Å². The summed E-state index contributed by atoms with van der Waals surface area (Å²) in [6.07, 6.45) is 6.15. The molecule has 5 rings (SSSR count). The number of thiophene rings is 1. The molecule has 0 aliphatic heterocycles. The summed E-state index contributed by atoms with van der Waals surface area (Å²) in [6, 6.07) is 3.88. The number of hydrogen-bond acceptors (Lipinski definition) is 7. The number of amides is 2. The Bertz CT molecular complexity index is 1080. The third kappa shape index (κ3) is 4.45. The van der Waals surface area contributed by atoms with Crippen LogP contribution in [0.2, 0.25) is 0 Å². The number of anilines is 1. The average molecular weight is 518 g/mol. The molecule has 5 atom stereocenters. The molecule has 2 amide bonds. The Hall–Kier alpha value is -1.81. The zero-order chi connectivity index (χ0) is 24.8. The number of thiazole rings is 1. The zero-order valence-electron chi connectivity index (χ0n) is 20.4. The molecule has 0 bridgehead atoms. The van der Waals surface area contributed by atoms with Gasteiger partial charge in [0.05, 0.1) is 23.3 Å². The molecule has 0 unspecified atom stereocenters. The van der Waals surface area contributed by atoms with Crippen LogP contribution in [-0.4, -0.2) is 45.8 Å². The SMILES string of the molecule is C[C@]1(CO)[C@H]2Cc3sc(NC(=O)c4cccs4)nc3[C@@H](CC(=O)NC3CCCC3)[C@]2(C)CC[C@H]1O. The first-order chi connectivity index (χ1) is 16.7. The fourth-order valence-corrected chi connectivity index (χ4v) is 8.49. The highest BCUT2D eigenvalue weighted by Crippen LogP contribution is 2.62. The van der Waals surface area contributed by atoms with Crippen molar-refractivity contribution in [3.63, 3.8) is 0 Å². The highest BCUT2D eigenvalue weighted by Gasteiger charge is 2.59. The summed E-state index contributed by atoms with van der Waals surface area (Å²) in [5.74, 6) is -0.272. The smallest absolute Gasteiger partial charge is 0.267 e. The molecule has 7 nitrogen and oxygen atoms in total. The molecule has 0 spiro atoms. The first kappa shape index (κ1) is 24.9. The molecule has 0 radical (unpaired) electrons. The van der Waals surface area contributed by atoms with E-state index in [4.69, 9.17) is 4.98 Å². The molecule has 4 N–H and O–H groups in total. The number of aliphatic hydroxyl groups excluding tert-OH is 2. The van der Waals surface area contributed by atoms with Crippen LogP contribution in [0.4, 0.5) is 5.13 Å². The molecular formula is C26H35N3O4S2. The van der Waals surface area contributed by atoms with E-state index in [0.29, 0.717) is 29.3 Å². The lowest BCUT2D eigenvalue weighted by Crippen LogP contribution is -2.57. The highest BCUT2D eigenvalue weighted by molar-refractivity contribution is 7.16. The maximum atomic E-state index is 13.2. The number of aromatic nitrogens is 1. The van der Waals surface area contributed by atoms with Crippen molar-refractivity contribution in [1.29, 1.82) is 0 Å². The molecule has 2 heterocycles. The van der Waals surface area contributed by atoms with Crippen molar-refractivity contribution >= 4 is 39.6 Å². The Balaban J connectivity index is 1.48. The van der Waals surface area contributed by atoms with Crippen LogP contribution >= 0.6 is 22.7 Å². The van der Waals surface area contributed by atoms with Crippen LogP contribution in [0.5, 0.6) is 0 Å². The van der Waals surface area contributed by atoms with Gasteiger partial charge in [0.15, 0.2) is 5.13 Å². The van der Waals surface area contributed by atoms with Crippen LogP contribution in [0.1, 0.15) is 85.0 Å². The summed E-state index contributed by atoms with van der Waals surface area (Å²) in [6.45, 7) is 4.07. The minimum atomic E-state index is -0.658. The van der Waals surface area contributed by atoms with Crippen molar-refractivity contribution in [2.75, 3.05) is 11.9 Å². The van der Waals surface area contributed by atoms with Gasteiger partial charge in [-0.25, -0.2) is 4.98 Å². The predicted molar refractivity (Wildman–Crippen MR) is 138 cm³/mol. The topological polar surface area (TPSA) is 112 Å². The first-order valence-electron chi connectivity index (χ1n) is 12.7. The molecule has 9 heteroatoms. The Morgan fingerprint density at radius 3 is 2.69 bits per heavy atom. The monoisotopic (exact) mass is 517 g/mol. The molecule has 0 saturated heterocycles. The van der Waals surface area contributed by atoms with Crippen LogP contribution in [0, 0.1) is 16.7 Å². The Kier molecular flexibility index (Phi) is 6.80. The fraction of sp³-hybridized carbons (Fsp3) is 0.654. The normalized spacial score (nSPS) is 32.6. The molecule has 0 aromatic carbocycles. The summed E-state index contributed by atoms with van der Waals surface area (Å²) in [5, 5.41) is 29.9. The molecule has 35 heavy (non-hydrogen) atoms. The third-order valence-electron chi connectivity index (χ3n) is 8.97. The average Bonchev–Trinajstić information content (AvgIpc) is 3.60. The summed E-state index contributed by atoms with van der Waals surface area (Å²) in [4.78, 5) is 32.5. The van der Waals surface area contributed by atoms with Gasteiger partial charge in [0.2, 0.25) is 5.91 Å². The van der Waals surface area contributed by atoms with Crippen LogP contribution < -0.4 is 10.6 Å². The first-order valence-corrected chi connectivity index (χ1v) is 14.4. The Labute approximate surface area is 214 Å². The summed E-state index contributed by atoms with van der Waals surface area (Å²) in [5.41, 5.74) is -0.0526. The van der Waals surface area contributed by atoms with Gasteiger partial charge in [-0.05, 0) is 54.9 Å². The molecule has 190 valence electrons. The van der Waals surface area contributed by atoms with Gasteiger partial charge in [0, 0.05) is 28.7 Å². The van der Waals surface area contributed by atoms with E-state index in [1.807, 2.05) is 18.4 Å². The minimum Gasteiger partial charge on any atom is -0.396 e. The second-order valence-corrected chi connectivity index (χ2v) is 13.1. The zero-order valence-corrected chi connectivity index (χ0v) is 22.0. The number of nitrogens with zero attached hydrogens (tertiary/aromatic N) is 1. The van der Waals surface area contributed by atoms with Crippen molar-refractivity contribution in [3.05, 3.63) is 33.0 Å². The molecule has 3 aliphatic carbocycles. The van der Waals surface area contributed by atoms with Gasteiger partial charge in [0.25, 0.3) is 5.91 Å². The lowest BCUT2D eigenvalue weighted by Gasteiger charge is -2.58. The summed E-state index contributed by atoms with van der Waals surface area (Å²) >= 11 is 2.84. The summed E-state index contributed by atoms with van der Waals surface area (Å²) < 4.78 is 0. The van der Waals surface area contributed by atoms with E-state index < -0.39 is 11.5 Å². The quantitative estimate of drug-likeness (QED) is 0.456. The van der Waals surface area contributed by atoms with Crippen LogP contribution in [-0.2, 0) is 11.2 Å². The number of aliphatic hydroxyl groups is 2. The van der Waals surface area contributed by atoms with E-state index in [0.717, 1.165) is 42.7 Å². The minimum absolute atomic E-state index is 0.00169. The van der Waals surface area contributed by atoms with Gasteiger partial charge in [-0.15, -0.1) is 22.7 Å².